The van der Waals surface area contributed by atoms with Crippen LogP contribution in [0.3, 0.4) is 0 Å². The van der Waals surface area contributed by atoms with Gasteiger partial charge in [-0.05, 0) is 55.3 Å². The van der Waals surface area contributed by atoms with E-state index in [2.05, 4.69) is 40.2 Å². The molecule has 6 nitrogen and oxygen atoms in total. The molecular formula is C21H28N4O2S2. The summed E-state index contributed by atoms with van der Waals surface area (Å²) in [6, 6.07) is 9.99. The standard InChI is InChI=1S/C21H28N4O2S2/c1-15-14-19(22-17-7-5-4-6-16(15)17)24-9-11-25(12-10-24)21(28)23-18(8-13-29-3)20(26)27-2/h4-7,14,18H,8-13H2,1-3H3,(H,23,28). The van der Waals surface area contributed by atoms with Gasteiger partial charge in [-0.2, -0.15) is 11.8 Å². The highest BCUT2D eigenvalue weighted by Crippen LogP contribution is 2.23. The van der Waals surface area contributed by atoms with Gasteiger partial charge in [0.05, 0.1) is 12.6 Å². The molecule has 8 heteroatoms. The second-order valence-electron chi connectivity index (χ2n) is 7.10. The molecule has 1 aromatic carbocycles. The van der Waals surface area contributed by atoms with Gasteiger partial charge in [0, 0.05) is 31.6 Å². The van der Waals surface area contributed by atoms with Crippen molar-refractivity contribution in [2.45, 2.75) is 19.4 Å². The second kappa shape index (κ2) is 10.1. The molecule has 1 saturated heterocycles. The minimum atomic E-state index is -0.400. The fraction of sp³-hybridized carbons (Fsp3) is 0.476. The molecule has 1 aromatic heterocycles. The number of carbonyl (C=O) groups is 1. The minimum Gasteiger partial charge on any atom is -0.467 e. The van der Waals surface area contributed by atoms with E-state index < -0.39 is 6.04 Å². The van der Waals surface area contributed by atoms with Crippen LogP contribution in [0.25, 0.3) is 10.9 Å². The predicted molar refractivity (Wildman–Crippen MR) is 125 cm³/mol. The van der Waals surface area contributed by atoms with Gasteiger partial charge in [-0.15, -0.1) is 0 Å². The van der Waals surface area contributed by atoms with Gasteiger partial charge >= 0.3 is 5.97 Å². The van der Waals surface area contributed by atoms with E-state index in [0.717, 1.165) is 43.3 Å². The van der Waals surface area contributed by atoms with Crippen molar-refractivity contribution in [1.29, 1.82) is 0 Å². The Morgan fingerprint density at radius 2 is 2.03 bits per heavy atom. The number of thiocarbonyl (C=S) groups is 1. The number of nitrogens with zero attached hydrogens (tertiary/aromatic N) is 3. The third-order valence-corrected chi connectivity index (χ3v) is 6.21. The topological polar surface area (TPSA) is 57.7 Å². The van der Waals surface area contributed by atoms with Crippen molar-refractivity contribution in [3.8, 4) is 0 Å². The van der Waals surface area contributed by atoms with E-state index in [1.807, 2.05) is 18.4 Å². The number of aromatic nitrogens is 1. The highest BCUT2D eigenvalue weighted by atomic mass is 32.2. The molecule has 1 N–H and O–H groups in total. The Labute approximate surface area is 182 Å². The number of ether oxygens (including phenoxy) is 1. The number of nitrogens with one attached hydrogen (secondary N) is 1. The zero-order valence-corrected chi connectivity index (χ0v) is 18.8. The van der Waals surface area contributed by atoms with Gasteiger partial charge in [-0.3, -0.25) is 0 Å². The number of esters is 1. The number of benzene rings is 1. The van der Waals surface area contributed by atoms with Crippen molar-refractivity contribution in [2.24, 2.45) is 0 Å². The molecule has 0 aliphatic carbocycles. The number of hydrogen-bond donors (Lipinski definition) is 1. The molecule has 0 bridgehead atoms. The smallest absolute Gasteiger partial charge is 0.328 e. The Kier molecular flexibility index (Phi) is 7.55. The molecule has 2 aromatic rings. The van der Waals surface area contributed by atoms with Crippen molar-refractivity contribution in [1.82, 2.24) is 15.2 Å². The number of piperazine rings is 1. The fourth-order valence-electron chi connectivity index (χ4n) is 3.50. The van der Waals surface area contributed by atoms with Crippen LogP contribution in [-0.4, -0.2) is 72.3 Å². The number of carbonyl (C=O) groups excluding carboxylic acids is 1. The molecule has 2 heterocycles. The molecule has 0 saturated carbocycles. The summed E-state index contributed by atoms with van der Waals surface area (Å²) in [7, 11) is 1.41. The van der Waals surface area contributed by atoms with Crippen LogP contribution in [0.5, 0.6) is 0 Å². The molecule has 1 atom stereocenters. The largest absolute Gasteiger partial charge is 0.467 e. The summed E-state index contributed by atoms with van der Waals surface area (Å²) >= 11 is 7.28. The lowest BCUT2D eigenvalue weighted by molar-refractivity contribution is -0.142. The maximum Gasteiger partial charge on any atom is 0.328 e. The molecule has 1 aliphatic rings. The zero-order valence-electron chi connectivity index (χ0n) is 17.2. The summed E-state index contributed by atoms with van der Waals surface area (Å²) in [5, 5.41) is 5.00. The predicted octanol–water partition coefficient (Wildman–Crippen LogP) is 2.83. The van der Waals surface area contributed by atoms with Crippen LogP contribution in [0.2, 0.25) is 0 Å². The number of anilines is 1. The Morgan fingerprint density at radius 1 is 1.31 bits per heavy atom. The average Bonchev–Trinajstić information content (AvgIpc) is 2.76. The normalized spacial score (nSPS) is 15.3. The molecule has 0 radical (unpaired) electrons. The summed E-state index contributed by atoms with van der Waals surface area (Å²) in [4.78, 5) is 21.3. The molecular weight excluding hydrogens is 404 g/mol. The SMILES string of the molecule is COC(=O)C(CCSC)NC(=S)N1CCN(c2cc(C)c3ccccc3n2)CC1. The number of rotatable bonds is 6. The Morgan fingerprint density at radius 3 is 2.72 bits per heavy atom. The van der Waals surface area contributed by atoms with E-state index in [0.29, 0.717) is 11.5 Å². The van der Waals surface area contributed by atoms with Crippen LogP contribution >= 0.6 is 24.0 Å². The van der Waals surface area contributed by atoms with E-state index >= 15 is 0 Å². The molecule has 1 aliphatic heterocycles. The van der Waals surface area contributed by atoms with Gasteiger partial charge in [0.15, 0.2) is 5.11 Å². The van der Waals surface area contributed by atoms with Crippen LogP contribution in [0, 0.1) is 6.92 Å². The lowest BCUT2D eigenvalue weighted by Gasteiger charge is -2.37. The van der Waals surface area contributed by atoms with E-state index in [9.17, 15) is 4.79 Å². The first kappa shape index (κ1) is 21.6. The van der Waals surface area contributed by atoms with Crippen molar-refractivity contribution in [3.05, 3.63) is 35.9 Å². The van der Waals surface area contributed by atoms with Gasteiger partial charge < -0.3 is 19.9 Å². The first-order valence-electron chi connectivity index (χ1n) is 9.77. The number of fused-ring (bicyclic) bond motifs is 1. The van der Waals surface area contributed by atoms with Crippen LogP contribution < -0.4 is 10.2 Å². The van der Waals surface area contributed by atoms with E-state index in [-0.39, 0.29) is 5.97 Å². The molecule has 29 heavy (non-hydrogen) atoms. The third kappa shape index (κ3) is 5.30. The van der Waals surface area contributed by atoms with Gasteiger partial charge in [-0.1, -0.05) is 18.2 Å². The number of aryl methyl sites for hydroxylation is 1. The first-order chi connectivity index (χ1) is 14.0. The maximum absolute atomic E-state index is 12.0. The number of methoxy groups -OCH3 is 1. The summed E-state index contributed by atoms with van der Waals surface area (Å²) in [5.74, 6) is 1.61. The number of pyridine rings is 1. The van der Waals surface area contributed by atoms with Gasteiger partial charge in [0.25, 0.3) is 0 Å². The Hall–Kier alpha value is -2.06. The average molecular weight is 433 g/mol. The molecule has 3 rings (SSSR count). The molecule has 1 unspecified atom stereocenters. The molecule has 1 fully saturated rings. The van der Waals surface area contributed by atoms with Gasteiger partial charge in [0.1, 0.15) is 11.9 Å². The summed E-state index contributed by atoms with van der Waals surface area (Å²) in [6.45, 7) is 5.37. The second-order valence-corrected chi connectivity index (χ2v) is 8.47. The monoisotopic (exact) mass is 432 g/mol. The number of hydrogen-bond acceptors (Lipinski definition) is 6. The fourth-order valence-corrected chi connectivity index (χ4v) is 4.30. The number of thioether (sulfide) groups is 1. The van der Waals surface area contributed by atoms with Crippen molar-refractivity contribution < 1.29 is 9.53 Å². The first-order valence-corrected chi connectivity index (χ1v) is 11.6. The minimum absolute atomic E-state index is 0.268. The summed E-state index contributed by atoms with van der Waals surface area (Å²) in [5.41, 5.74) is 2.26. The van der Waals surface area contributed by atoms with Crippen molar-refractivity contribution >= 4 is 51.8 Å². The lowest BCUT2D eigenvalue weighted by atomic mass is 10.1. The quantitative estimate of drug-likeness (QED) is 0.552. The van der Waals surface area contributed by atoms with Crippen molar-refractivity contribution in [3.63, 3.8) is 0 Å². The third-order valence-electron chi connectivity index (χ3n) is 5.19. The Balaban J connectivity index is 1.61. The Bertz CT molecular complexity index is 869. The highest BCUT2D eigenvalue weighted by molar-refractivity contribution is 7.98. The van der Waals surface area contributed by atoms with E-state index in [1.165, 1.54) is 18.1 Å². The summed E-state index contributed by atoms with van der Waals surface area (Å²) in [6.07, 6.45) is 2.71. The van der Waals surface area contributed by atoms with Crippen molar-refractivity contribution in [2.75, 3.05) is 50.2 Å². The van der Waals surface area contributed by atoms with Gasteiger partial charge in [-0.25, -0.2) is 9.78 Å². The molecule has 156 valence electrons. The van der Waals surface area contributed by atoms with E-state index in [4.69, 9.17) is 21.9 Å². The van der Waals surface area contributed by atoms with Crippen LogP contribution in [0.15, 0.2) is 30.3 Å². The van der Waals surface area contributed by atoms with Crippen LogP contribution in [0.1, 0.15) is 12.0 Å². The van der Waals surface area contributed by atoms with Gasteiger partial charge in [0.2, 0.25) is 0 Å². The van der Waals surface area contributed by atoms with Crippen LogP contribution in [-0.2, 0) is 9.53 Å². The number of para-hydroxylation sites is 1. The molecule has 0 spiro atoms. The zero-order chi connectivity index (χ0) is 20.8. The van der Waals surface area contributed by atoms with Crippen LogP contribution in [0.4, 0.5) is 5.82 Å². The highest BCUT2D eigenvalue weighted by Gasteiger charge is 2.25. The lowest BCUT2D eigenvalue weighted by Crippen LogP contribution is -2.55. The summed E-state index contributed by atoms with van der Waals surface area (Å²) < 4.78 is 4.91. The molecule has 0 amide bonds. The maximum atomic E-state index is 12.0. The van der Waals surface area contributed by atoms with E-state index in [1.54, 1.807) is 11.8 Å².